The van der Waals surface area contributed by atoms with Gasteiger partial charge in [0.05, 0.1) is 6.04 Å². The lowest BCUT2D eigenvalue weighted by molar-refractivity contribution is 0.0185. The van der Waals surface area contributed by atoms with E-state index in [1.54, 1.807) is 18.4 Å². The smallest absolute Gasteiger partial charge is 0.148 e. The molecule has 0 saturated heterocycles. The molecular formula is C9H17N3OS. The van der Waals surface area contributed by atoms with Gasteiger partial charge in [0.25, 0.3) is 0 Å². The highest BCUT2D eigenvalue weighted by molar-refractivity contribution is 7.11. The Bertz CT molecular complexity index is 298. The van der Waals surface area contributed by atoms with Crippen molar-refractivity contribution in [2.24, 2.45) is 0 Å². The molecule has 1 N–H and O–H groups in total. The molecule has 1 rings (SSSR count). The SMILES string of the molecule is CNC(C)c1nnc(C(C)(C)OC)s1. The van der Waals surface area contributed by atoms with Crippen molar-refractivity contribution in [1.82, 2.24) is 15.5 Å². The van der Waals surface area contributed by atoms with Crippen LogP contribution in [0.2, 0.25) is 0 Å². The van der Waals surface area contributed by atoms with Gasteiger partial charge in [-0.15, -0.1) is 10.2 Å². The summed E-state index contributed by atoms with van der Waals surface area (Å²) in [6.07, 6.45) is 0. The molecule has 5 heteroatoms. The van der Waals surface area contributed by atoms with Crippen LogP contribution in [0.4, 0.5) is 0 Å². The van der Waals surface area contributed by atoms with Gasteiger partial charge in [-0.05, 0) is 27.8 Å². The van der Waals surface area contributed by atoms with Crippen molar-refractivity contribution in [1.29, 1.82) is 0 Å². The van der Waals surface area contributed by atoms with E-state index in [-0.39, 0.29) is 11.6 Å². The van der Waals surface area contributed by atoms with Crippen molar-refractivity contribution >= 4 is 11.3 Å². The van der Waals surface area contributed by atoms with Crippen molar-refractivity contribution in [2.75, 3.05) is 14.2 Å². The highest BCUT2D eigenvalue weighted by Crippen LogP contribution is 2.28. The Balaban J connectivity index is 2.88. The first-order valence-electron chi connectivity index (χ1n) is 4.57. The normalized spacial score (nSPS) is 14.4. The molecule has 0 amide bonds. The fraction of sp³-hybridized carbons (Fsp3) is 0.778. The predicted molar refractivity (Wildman–Crippen MR) is 57.4 cm³/mol. The number of aromatic nitrogens is 2. The molecule has 1 heterocycles. The van der Waals surface area contributed by atoms with Gasteiger partial charge in [0, 0.05) is 7.11 Å². The molecule has 0 bridgehead atoms. The first-order chi connectivity index (χ1) is 6.51. The summed E-state index contributed by atoms with van der Waals surface area (Å²) >= 11 is 1.59. The Kier molecular flexibility index (Phi) is 3.58. The largest absolute Gasteiger partial charge is 0.372 e. The molecular weight excluding hydrogens is 198 g/mol. The molecule has 1 unspecified atom stereocenters. The predicted octanol–water partition coefficient (Wildman–Crippen LogP) is 1.70. The summed E-state index contributed by atoms with van der Waals surface area (Å²) < 4.78 is 5.34. The van der Waals surface area contributed by atoms with Gasteiger partial charge in [0.15, 0.2) is 0 Å². The Morgan fingerprint density at radius 2 is 2.07 bits per heavy atom. The number of ether oxygens (including phenoxy) is 1. The third kappa shape index (κ3) is 2.29. The quantitative estimate of drug-likeness (QED) is 0.830. The summed E-state index contributed by atoms with van der Waals surface area (Å²) in [6, 6.07) is 0.244. The van der Waals surface area contributed by atoms with Gasteiger partial charge in [0.2, 0.25) is 0 Å². The van der Waals surface area contributed by atoms with Gasteiger partial charge in [-0.3, -0.25) is 0 Å². The maximum Gasteiger partial charge on any atom is 0.148 e. The third-order valence-electron chi connectivity index (χ3n) is 2.27. The maximum absolute atomic E-state index is 5.34. The van der Waals surface area contributed by atoms with E-state index in [0.717, 1.165) is 10.0 Å². The standard InChI is InChI=1S/C9H17N3OS/c1-6(10-4)7-11-12-8(14-7)9(2,3)13-5/h6,10H,1-5H3. The van der Waals surface area contributed by atoms with E-state index >= 15 is 0 Å². The number of hydrogen-bond donors (Lipinski definition) is 1. The van der Waals surface area contributed by atoms with Crippen molar-refractivity contribution in [3.8, 4) is 0 Å². The van der Waals surface area contributed by atoms with Gasteiger partial charge in [-0.2, -0.15) is 0 Å². The van der Waals surface area contributed by atoms with Gasteiger partial charge in [-0.1, -0.05) is 11.3 Å². The molecule has 0 radical (unpaired) electrons. The second-order valence-corrected chi connectivity index (χ2v) is 4.68. The van der Waals surface area contributed by atoms with Crippen LogP contribution in [-0.4, -0.2) is 24.4 Å². The molecule has 0 aliphatic rings. The monoisotopic (exact) mass is 215 g/mol. The minimum Gasteiger partial charge on any atom is -0.372 e. The summed E-state index contributed by atoms with van der Waals surface area (Å²) in [7, 11) is 3.59. The minimum atomic E-state index is -0.344. The Morgan fingerprint density at radius 1 is 1.43 bits per heavy atom. The molecule has 4 nitrogen and oxygen atoms in total. The molecule has 0 aromatic carbocycles. The molecule has 0 fully saturated rings. The first-order valence-corrected chi connectivity index (χ1v) is 5.39. The van der Waals surface area contributed by atoms with Crippen LogP contribution in [-0.2, 0) is 10.3 Å². The zero-order valence-electron chi connectivity index (χ0n) is 9.29. The molecule has 14 heavy (non-hydrogen) atoms. The molecule has 80 valence electrons. The van der Waals surface area contributed by atoms with Gasteiger partial charge in [0.1, 0.15) is 15.6 Å². The molecule has 0 saturated carbocycles. The average molecular weight is 215 g/mol. The topological polar surface area (TPSA) is 47.0 Å². The number of nitrogens with zero attached hydrogens (tertiary/aromatic N) is 2. The lowest BCUT2D eigenvalue weighted by Crippen LogP contribution is -2.18. The Labute approximate surface area is 88.7 Å². The molecule has 0 aliphatic carbocycles. The van der Waals surface area contributed by atoms with Crippen LogP contribution < -0.4 is 5.32 Å². The van der Waals surface area contributed by atoms with Crippen LogP contribution in [0.25, 0.3) is 0 Å². The van der Waals surface area contributed by atoms with Crippen LogP contribution in [0, 0.1) is 0 Å². The molecule has 1 aromatic rings. The van der Waals surface area contributed by atoms with Crippen molar-refractivity contribution in [3.05, 3.63) is 10.0 Å². The number of hydrogen-bond acceptors (Lipinski definition) is 5. The lowest BCUT2D eigenvalue weighted by atomic mass is 10.1. The highest BCUT2D eigenvalue weighted by Gasteiger charge is 2.25. The summed E-state index contributed by atoms with van der Waals surface area (Å²) in [5, 5.41) is 13.3. The van der Waals surface area contributed by atoms with E-state index in [4.69, 9.17) is 4.74 Å². The van der Waals surface area contributed by atoms with E-state index in [9.17, 15) is 0 Å². The van der Waals surface area contributed by atoms with E-state index in [1.807, 2.05) is 20.9 Å². The van der Waals surface area contributed by atoms with Gasteiger partial charge in [-0.25, -0.2) is 0 Å². The highest BCUT2D eigenvalue weighted by atomic mass is 32.1. The zero-order chi connectivity index (χ0) is 10.8. The number of nitrogens with one attached hydrogen (secondary N) is 1. The van der Waals surface area contributed by atoms with Crippen LogP contribution in [0.15, 0.2) is 0 Å². The van der Waals surface area contributed by atoms with Gasteiger partial charge < -0.3 is 10.1 Å². The molecule has 0 aliphatic heterocycles. The van der Waals surface area contributed by atoms with Gasteiger partial charge >= 0.3 is 0 Å². The number of rotatable bonds is 4. The first kappa shape index (κ1) is 11.6. The third-order valence-corrected chi connectivity index (χ3v) is 3.68. The Hall–Kier alpha value is -0.520. The van der Waals surface area contributed by atoms with E-state index in [1.165, 1.54) is 0 Å². The van der Waals surface area contributed by atoms with Crippen molar-refractivity contribution in [2.45, 2.75) is 32.4 Å². The fourth-order valence-electron chi connectivity index (χ4n) is 0.864. The van der Waals surface area contributed by atoms with Crippen LogP contribution in [0.5, 0.6) is 0 Å². The zero-order valence-corrected chi connectivity index (χ0v) is 10.1. The van der Waals surface area contributed by atoms with Crippen molar-refractivity contribution in [3.63, 3.8) is 0 Å². The fourth-order valence-corrected chi connectivity index (χ4v) is 1.85. The van der Waals surface area contributed by atoms with Crippen LogP contribution in [0.1, 0.15) is 36.8 Å². The summed E-state index contributed by atoms with van der Waals surface area (Å²) in [5.74, 6) is 0. The van der Waals surface area contributed by atoms with Crippen molar-refractivity contribution < 1.29 is 4.74 Å². The maximum atomic E-state index is 5.34. The lowest BCUT2D eigenvalue weighted by Gasteiger charge is -2.18. The average Bonchev–Trinajstić information content (AvgIpc) is 2.66. The summed E-state index contributed by atoms with van der Waals surface area (Å²) in [4.78, 5) is 0. The van der Waals surface area contributed by atoms with Crippen LogP contribution in [0.3, 0.4) is 0 Å². The van der Waals surface area contributed by atoms with Crippen LogP contribution >= 0.6 is 11.3 Å². The van der Waals surface area contributed by atoms with E-state index < -0.39 is 0 Å². The molecule has 1 aromatic heterocycles. The van der Waals surface area contributed by atoms with E-state index in [2.05, 4.69) is 22.4 Å². The summed E-state index contributed by atoms with van der Waals surface area (Å²) in [6.45, 7) is 6.03. The molecule has 0 spiro atoms. The van der Waals surface area contributed by atoms with E-state index in [0.29, 0.717) is 0 Å². The minimum absolute atomic E-state index is 0.244. The second-order valence-electron chi connectivity index (χ2n) is 3.67. The summed E-state index contributed by atoms with van der Waals surface area (Å²) in [5.41, 5.74) is -0.344. The number of methoxy groups -OCH3 is 1. The Morgan fingerprint density at radius 3 is 2.57 bits per heavy atom. The second kappa shape index (κ2) is 4.33. The molecule has 1 atom stereocenters.